The summed E-state index contributed by atoms with van der Waals surface area (Å²) < 4.78 is 0. The summed E-state index contributed by atoms with van der Waals surface area (Å²) in [7, 11) is 0. The molecular weight excluding hydrogens is 372 g/mol. The Hall–Kier alpha value is -2.32. The van der Waals surface area contributed by atoms with Gasteiger partial charge in [0, 0.05) is 15.3 Å². The molecule has 0 spiro atoms. The third kappa shape index (κ3) is 3.34. The molecule has 3 N–H and O–H groups in total. The van der Waals surface area contributed by atoms with Gasteiger partial charge < -0.3 is 15.7 Å². The van der Waals surface area contributed by atoms with Crippen LogP contribution in [0.15, 0.2) is 23.1 Å². The minimum absolute atomic E-state index is 0.102. The fraction of sp³-hybridized carbons (Fsp3) is 0.278. The normalized spacial score (nSPS) is 16.0. The molecule has 3 rings (SSSR count). The Balaban J connectivity index is 1.89. The lowest BCUT2D eigenvalue weighted by molar-refractivity contribution is -0.115. The number of nitrogens with one attached hydrogen (secondary N) is 2. The molecule has 1 aliphatic heterocycles. The number of amides is 2. The molecule has 0 radical (unpaired) electrons. The van der Waals surface area contributed by atoms with E-state index in [9.17, 15) is 19.5 Å². The van der Waals surface area contributed by atoms with Crippen LogP contribution in [0.5, 0.6) is 0 Å². The number of hydrogen-bond acceptors (Lipinski definition) is 5. The Morgan fingerprint density at radius 1 is 1.35 bits per heavy atom. The van der Waals surface area contributed by atoms with Crippen molar-refractivity contribution in [3.05, 3.63) is 39.8 Å². The third-order valence-corrected chi connectivity index (χ3v) is 6.42. The average Bonchev–Trinajstić information content (AvgIpc) is 2.90. The number of anilines is 2. The van der Waals surface area contributed by atoms with Crippen LogP contribution in [0.1, 0.15) is 45.0 Å². The van der Waals surface area contributed by atoms with Crippen LogP contribution >= 0.6 is 23.1 Å². The second-order valence-corrected chi connectivity index (χ2v) is 8.52. The number of thioether (sulfide) groups is 1. The van der Waals surface area contributed by atoms with Gasteiger partial charge in [0.2, 0.25) is 5.91 Å². The topological polar surface area (TPSA) is 95.5 Å². The number of rotatable bonds is 4. The zero-order valence-corrected chi connectivity index (χ0v) is 16.1. The number of aromatic carboxylic acids is 1. The lowest BCUT2D eigenvalue weighted by Crippen LogP contribution is -2.26. The van der Waals surface area contributed by atoms with E-state index in [-0.39, 0.29) is 16.7 Å². The lowest BCUT2D eigenvalue weighted by atomic mass is 10.1. The standard InChI is InChI=1S/C18H18N2O4S2/c1-4-11-8(2)26-17(14(11)18(23)24)20-16(22)10-5-6-13-12(7-10)19-15(21)9(3)25-13/h5-7,9H,4H2,1-3H3,(H,19,21)(H,20,22)(H,23,24). The van der Waals surface area contributed by atoms with Gasteiger partial charge in [0.25, 0.3) is 5.91 Å². The van der Waals surface area contributed by atoms with Crippen molar-refractivity contribution >= 4 is 51.6 Å². The van der Waals surface area contributed by atoms with Gasteiger partial charge in [-0.05, 0) is 44.0 Å². The molecule has 1 aliphatic rings. The molecule has 0 fully saturated rings. The van der Waals surface area contributed by atoms with Crippen LogP contribution in [0.4, 0.5) is 10.7 Å². The van der Waals surface area contributed by atoms with Crippen LogP contribution in [0, 0.1) is 6.92 Å². The summed E-state index contributed by atoms with van der Waals surface area (Å²) in [6.45, 7) is 5.55. The highest BCUT2D eigenvalue weighted by Gasteiger charge is 2.25. The number of thiophene rings is 1. The highest BCUT2D eigenvalue weighted by molar-refractivity contribution is 8.00. The van der Waals surface area contributed by atoms with E-state index in [0.717, 1.165) is 15.3 Å². The van der Waals surface area contributed by atoms with Crippen molar-refractivity contribution in [2.75, 3.05) is 10.6 Å². The van der Waals surface area contributed by atoms with E-state index in [1.54, 1.807) is 18.2 Å². The van der Waals surface area contributed by atoms with Crippen molar-refractivity contribution in [1.29, 1.82) is 0 Å². The predicted molar refractivity (Wildman–Crippen MR) is 104 cm³/mol. The van der Waals surface area contributed by atoms with Crippen LogP contribution in [-0.2, 0) is 11.2 Å². The Morgan fingerprint density at radius 3 is 2.73 bits per heavy atom. The minimum Gasteiger partial charge on any atom is -0.478 e. The molecule has 0 aliphatic carbocycles. The molecule has 8 heteroatoms. The van der Waals surface area contributed by atoms with Gasteiger partial charge in [-0.2, -0.15) is 0 Å². The molecule has 2 amide bonds. The number of aryl methyl sites for hydroxylation is 1. The lowest BCUT2D eigenvalue weighted by Gasteiger charge is -2.21. The molecule has 2 heterocycles. The van der Waals surface area contributed by atoms with E-state index in [0.29, 0.717) is 22.7 Å². The summed E-state index contributed by atoms with van der Waals surface area (Å²) >= 11 is 2.70. The number of fused-ring (bicyclic) bond motifs is 1. The summed E-state index contributed by atoms with van der Waals surface area (Å²) in [5.41, 5.74) is 1.85. The molecule has 6 nitrogen and oxygen atoms in total. The number of carboxylic acids is 1. The van der Waals surface area contributed by atoms with Crippen LogP contribution in [0.25, 0.3) is 0 Å². The van der Waals surface area contributed by atoms with Crippen molar-refractivity contribution in [2.24, 2.45) is 0 Å². The quantitative estimate of drug-likeness (QED) is 0.733. The highest BCUT2D eigenvalue weighted by Crippen LogP contribution is 2.37. The smallest absolute Gasteiger partial charge is 0.339 e. The highest BCUT2D eigenvalue weighted by atomic mass is 32.2. The first-order chi connectivity index (χ1) is 12.3. The number of carboxylic acid groups (broad SMARTS) is 1. The van der Waals surface area contributed by atoms with Gasteiger partial charge in [-0.3, -0.25) is 9.59 Å². The maximum Gasteiger partial charge on any atom is 0.339 e. The maximum absolute atomic E-state index is 12.6. The van der Waals surface area contributed by atoms with Crippen LogP contribution < -0.4 is 10.6 Å². The molecule has 0 saturated heterocycles. The Bertz CT molecular complexity index is 920. The monoisotopic (exact) mass is 390 g/mol. The Labute approximate surface area is 159 Å². The number of benzene rings is 1. The number of hydrogen-bond donors (Lipinski definition) is 3. The second kappa shape index (κ2) is 7.13. The molecule has 136 valence electrons. The fourth-order valence-electron chi connectivity index (χ4n) is 2.84. The van der Waals surface area contributed by atoms with Crippen molar-refractivity contribution in [3.8, 4) is 0 Å². The fourth-order valence-corrected chi connectivity index (χ4v) is 4.91. The molecule has 26 heavy (non-hydrogen) atoms. The second-order valence-electron chi connectivity index (χ2n) is 5.91. The van der Waals surface area contributed by atoms with Crippen molar-refractivity contribution in [2.45, 2.75) is 37.3 Å². The molecule has 0 bridgehead atoms. The third-order valence-electron chi connectivity index (χ3n) is 4.18. The van der Waals surface area contributed by atoms with Gasteiger partial charge in [0.1, 0.15) is 5.00 Å². The van der Waals surface area contributed by atoms with Gasteiger partial charge in [-0.25, -0.2) is 4.79 Å². The average molecular weight is 390 g/mol. The Morgan fingerprint density at radius 2 is 2.08 bits per heavy atom. The van der Waals surface area contributed by atoms with Crippen molar-refractivity contribution in [1.82, 2.24) is 0 Å². The van der Waals surface area contributed by atoms with E-state index in [2.05, 4.69) is 10.6 Å². The van der Waals surface area contributed by atoms with Crippen LogP contribution in [-0.4, -0.2) is 28.1 Å². The van der Waals surface area contributed by atoms with Gasteiger partial charge >= 0.3 is 5.97 Å². The van der Waals surface area contributed by atoms with Gasteiger partial charge in [-0.1, -0.05) is 6.92 Å². The maximum atomic E-state index is 12.6. The van der Waals surface area contributed by atoms with Crippen LogP contribution in [0.2, 0.25) is 0 Å². The number of carbonyl (C=O) groups is 3. The first-order valence-electron chi connectivity index (χ1n) is 8.10. The summed E-state index contributed by atoms with van der Waals surface area (Å²) in [6.07, 6.45) is 0.583. The van der Waals surface area contributed by atoms with Crippen molar-refractivity contribution < 1.29 is 19.5 Å². The van der Waals surface area contributed by atoms with E-state index in [1.165, 1.54) is 23.1 Å². The predicted octanol–water partition coefficient (Wildman–Crippen LogP) is 4.00. The van der Waals surface area contributed by atoms with Gasteiger partial charge in [0.15, 0.2) is 0 Å². The van der Waals surface area contributed by atoms with E-state index < -0.39 is 11.9 Å². The SMILES string of the molecule is CCc1c(C)sc(NC(=O)c2ccc3c(c2)NC(=O)C(C)S3)c1C(=O)O. The van der Waals surface area contributed by atoms with Gasteiger partial charge in [0.05, 0.1) is 16.5 Å². The molecule has 0 saturated carbocycles. The largest absolute Gasteiger partial charge is 0.478 e. The molecular formula is C18H18N2O4S2. The molecule has 2 aromatic rings. The zero-order valence-electron chi connectivity index (χ0n) is 14.5. The number of carbonyl (C=O) groups excluding carboxylic acids is 2. The molecule has 1 aromatic heterocycles. The molecule has 1 atom stereocenters. The summed E-state index contributed by atoms with van der Waals surface area (Å²) in [6, 6.07) is 5.08. The minimum atomic E-state index is -1.05. The first kappa shape index (κ1) is 18.5. The first-order valence-corrected chi connectivity index (χ1v) is 9.79. The van der Waals surface area contributed by atoms with Crippen LogP contribution in [0.3, 0.4) is 0 Å². The zero-order chi connectivity index (χ0) is 19.0. The van der Waals surface area contributed by atoms with Crippen molar-refractivity contribution in [3.63, 3.8) is 0 Å². The summed E-state index contributed by atoms with van der Waals surface area (Å²) in [5.74, 6) is -1.56. The Kier molecular flexibility index (Phi) is 5.06. The molecule has 1 aromatic carbocycles. The molecule has 1 unspecified atom stereocenters. The summed E-state index contributed by atoms with van der Waals surface area (Å²) in [4.78, 5) is 37.8. The van der Waals surface area contributed by atoms with E-state index >= 15 is 0 Å². The van der Waals surface area contributed by atoms with Gasteiger partial charge in [-0.15, -0.1) is 23.1 Å². The van der Waals surface area contributed by atoms with E-state index in [4.69, 9.17) is 0 Å². The summed E-state index contributed by atoms with van der Waals surface area (Å²) in [5, 5.41) is 15.1. The van der Waals surface area contributed by atoms with E-state index in [1.807, 2.05) is 20.8 Å².